The Bertz CT molecular complexity index is 1360. The lowest BCUT2D eigenvalue weighted by Crippen LogP contribution is -2.40. The summed E-state index contributed by atoms with van der Waals surface area (Å²) >= 11 is 0. The summed E-state index contributed by atoms with van der Waals surface area (Å²) in [5.74, 6) is -1.50. The predicted octanol–water partition coefficient (Wildman–Crippen LogP) is 1.92. The lowest BCUT2D eigenvalue weighted by molar-refractivity contribution is -0.112. The molecule has 0 bridgehead atoms. The average molecular weight is 448 g/mol. The van der Waals surface area contributed by atoms with E-state index >= 15 is 0 Å². The summed E-state index contributed by atoms with van der Waals surface area (Å²) < 4.78 is 27.6. The fourth-order valence-electron chi connectivity index (χ4n) is 3.74. The molecule has 0 saturated carbocycles. The first kappa shape index (κ1) is 19.9. The van der Waals surface area contributed by atoms with Crippen molar-refractivity contribution >= 4 is 45.0 Å². The number of benzene rings is 2. The number of carbonyl (C=O) groups is 3. The van der Waals surface area contributed by atoms with E-state index in [0.29, 0.717) is 22.5 Å². The van der Waals surface area contributed by atoms with Crippen LogP contribution in [-0.4, -0.2) is 49.2 Å². The molecule has 3 aliphatic heterocycles. The Morgan fingerprint density at radius 3 is 2.44 bits per heavy atom. The van der Waals surface area contributed by atoms with Crippen molar-refractivity contribution in [1.29, 1.82) is 0 Å². The van der Waals surface area contributed by atoms with Gasteiger partial charge in [0, 0.05) is 18.4 Å². The first-order valence-electron chi connectivity index (χ1n) is 9.71. The van der Waals surface area contributed by atoms with Crippen LogP contribution in [0.1, 0.15) is 20.7 Å². The predicted molar refractivity (Wildman–Crippen MR) is 118 cm³/mol. The number of anilines is 2. The summed E-state index contributed by atoms with van der Waals surface area (Å²) in [6.45, 7) is 0.206. The van der Waals surface area contributed by atoms with Crippen molar-refractivity contribution in [3.63, 3.8) is 0 Å². The third kappa shape index (κ3) is 3.30. The highest BCUT2D eigenvalue weighted by atomic mass is 32.2. The zero-order valence-electron chi connectivity index (χ0n) is 16.6. The van der Waals surface area contributed by atoms with Gasteiger partial charge in [-0.15, -0.1) is 4.40 Å². The van der Waals surface area contributed by atoms with Gasteiger partial charge in [-0.25, -0.2) is 13.3 Å². The Hall–Kier alpha value is -4.05. The number of hydrogen-bond acceptors (Lipinski definition) is 6. The lowest BCUT2D eigenvalue weighted by Gasteiger charge is -2.28. The third-order valence-corrected chi connectivity index (χ3v) is 6.41. The zero-order chi connectivity index (χ0) is 22.5. The molecule has 160 valence electrons. The first-order chi connectivity index (χ1) is 15.3. The number of carbonyl (C=O) groups excluding carboxylic acids is 3. The number of rotatable bonds is 3. The van der Waals surface area contributed by atoms with Crippen LogP contribution in [-0.2, 0) is 14.8 Å². The number of amidine groups is 1. The van der Waals surface area contributed by atoms with Crippen molar-refractivity contribution in [1.82, 2.24) is 4.90 Å². The summed E-state index contributed by atoms with van der Waals surface area (Å²) in [6.07, 6.45) is 4.79. The normalized spacial score (nSPS) is 18.6. The van der Waals surface area contributed by atoms with Crippen LogP contribution in [0.5, 0.6) is 0 Å². The Morgan fingerprint density at radius 2 is 1.72 bits per heavy atom. The number of hydrogen-bond donors (Lipinski definition) is 1. The summed E-state index contributed by atoms with van der Waals surface area (Å²) in [5, 5.41) is 2.69. The van der Waals surface area contributed by atoms with Crippen LogP contribution in [0, 0.1) is 0 Å². The second kappa shape index (κ2) is 7.27. The summed E-state index contributed by atoms with van der Waals surface area (Å²) in [7, 11) is -3.64. The molecule has 1 N–H and O–H groups in total. The largest absolute Gasteiger partial charge is 0.331 e. The Morgan fingerprint density at radius 1 is 1.00 bits per heavy atom. The number of allylic oxidation sites excluding steroid dienone is 2. The molecule has 0 aliphatic carbocycles. The van der Waals surface area contributed by atoms with Crippen LogP contribution >= 0.6 is 0 Å². The zero-order valence-corrected chi connectivity index (χ0v) is 17.4. The molecule has 9 nitrogen and oxygen atoms in total. The monoisotopic (exact) mass is 448 g/mol. The van der Waals surface area contributed by atoms with Gasteiger partial charge >= 0.3 is 0 Å². The minimum atomic E-state index is -3.64. The number of nitrogens with zero attached hydrogens (tertiary/aromatic N) is 3. The van der Waals surface area contributed by atoms with Crippen molar-refractivity contribution in [3.8, 4) is 0 Å². The highest BCUT2D eigenvalue weighted by Gasteiger charge is 2.36. The maximum absolute atomic E-state index is 12.9. The summed E-state index contributed by atoms with van der Waals surface area (Å²) in [5.41, 5.74) is 1.39. The molecule has 3 amide bonds. The van der Waals surface area contributed by atoms with E-state index in [4.69, 9.17) is 0 Å². The Labute approximate surface area is 183 Å². The maximum atomic E-state index is 12.9. The van der Waals surface area contributed by atoms with Crippen molar-refractivity contribution in [3.05, 3.63) is 83.6 Å². The molecule has 3 aliphatic rings. The molecule has 0 saturated heterocycles. The molecule has 2 aromatic rings. The molecular weight excluding hydrogens is 432 g/mol. The Kier molecular flexibility index (Phi) is 4.52. The van der Waals surface area contributed by atoms with Gasteiger partial charge in [0.1, 0.15) is 0 Å². The minimum absolute atomic E-state index is 0.0627. The average Bonchev–Trinajstić information content (AvgIpc) is 3.03. The Balaban J connectivity index is 1.42. The third-order valence-electron chi connectivity index (χ3n) is 5.26. The van der Waals surface area contributed by atoms with Crippen molar-refractivity contribution < 1.29 is 22.8 Å². The van der Waals surface area contributed by atoms with Gasteiger partial charge in [0.15, 0.2) is 5.84 Å². The first-order valence-corrected chi connectivity index (χ1v) is 11.3. The molecule has 0 radical (unpaired) electrons. The molecule has 5 rings (SSSR count). The van der Waals surface area contributed by atoms with E-state index in [1.807, 2.05) is 0 Å². The molecule has 0 aromatic heterocycles. The van der Waals surface area contributed by atoms with Crippen molar-refractivity contribution in [2.24, 2.45) is 4.40 Å². The van der Waals surface area contributed by atoms with Crippen LogP contribution in [0.4, 0.5) is 11.4 Å². The van der Waals surface area contributed by atoms with Gasteiger partial charge in [-0.1, -0.05) is 18.2 Å². The second-order valence-electron chi connectivity index (χ2n) is 7.31. The van der Waals surface area contributed by atoms with E-state index in [1.54, 1.807) is 59.6 Å². The molecule has 0 fully saturated rings. The fraction of sp³-hybridized carbons (Fsp3) is 0.0909. The second-order valence-corrected chi connectivity index (χ2v) is 9.07. The maximum Gasteiger partial charge on any atom is 0.266 e. The molecule has 0 spiro atoms. The molecule has 2 aromatic carbocycles. The molecule has 32 heavy (non-hydrogen) atoms. The van der Waals surface area contributed by atoms with E-state index in [0.717, 1.165) is 4.90 Å². The van der Waals surface area contributed by atoms with E-state index in [2.05, 4.69) is 9.71 Å². The number of amides is 3. The van der Waals surface area contributed by atoms with Crippen molar-refractivity contribution in [2.45, 2.75) is 0 Å². The van der Waals surface area contributed by atoms with Gasteiger partial charge < -0.3 is 10.2 Å². The number of sulfonamides is 1. The van der Waals surface area contributed by atoms with Gasteiger partial charge in [0.2, 0.25) is 0 Å². The van der Waals surface area contributed by atoms with Gasteiger partial charge in [0.25, 0.3) is 27.7 Å². The number of imide groups is 1. The minimum Gasteiger partial charge on any atom is -0.331 e. The van der Waals surface area contributed by atoms with Crippen LogP contribution in [0.15, 0.2) is 76.9 Å². The summed E-state index contributed by atoms with van der Waals surface area (Å²) in [6, 6.07) is 12.9. The number of fused-ring (bicyclic) bond motifs is 2. The van der Waals surface area contributed by atoms with Crippen LogP contribution in [0.25, 0.3) is 0 Å². The van der Waals surface area contributed by atoms with Crippen molar-refractivity contribution in [2.75, 3.05) is 22.5 Å². The lowest BCUT2D eigenvalue weighted by atomic mass is 10.1. The number of nitrogens with one attached hydrogen (secondary N) is 1. The standard InChI is InChI=1S/C22H16N4O5S/c27-20(18-9-4-10-25-11-12-32(30,31)24-19(18)25)23-14-5-3-6-15(13-14)26-21(28)16-7-1-2-8-17(16)22(26)29/h1-10,13H,11-12H2,(H,23,27). The highest BCUT2D eigenvalue weighted by Crippen LogP contribution is 2.30. The van der Waals surface area contributed by atoms with E-state index in [-0.39, 0.29) is 23.7 Å². The topological polar surface area (TPSA) is 116 Å². The van der Waals surface area contributed by atoms with Gasteiger partial charge in [0.05, 0.1) is 28.1 Å². The molecular formula is C22H16N4O5S. The van der Waals surface area contributed by atoms with Gasteiger partial charge in [-0.2, -0.15) is 0 Å². The van der Waals surface area contributed by atoms with E-state index in [1.165, 1.54) is 12.1 Å². The molecule has 3 heterocycles. The SMILES string of the molecule is O=C(Nc1cccc(N2C(=O)c3ccccc3C2=O)c1)C1=CC=CN2CCS(=O)(=O)N=C12. The van der Waals surface area contributed by atoms with Gasteiger partial charge in [-0.05, 0) is 42.5 Å². The van der Waals surface area contributed by atoms with Gasteiger partial charge in [-0.3, -0.25) is 14.4 Å². The highest BCUT2D eigenvalue weighted by molar-refractivity contribution is 7.90. The fourth-order valence-corrected chi connectivity index (χ4v) is 4.72. The molecule has 0 atom stereocenters. The summed E-state index contributed by atoms with van der Waals surface area (Å²) in [4.78, 5) is 41.0. The molecule has 0 unspecified atom stereocenters. The van der Waals surface area contributed by atoms with E-state index < -0.39 is 27.7 Å². The quantitative estimate of drug-likeness (QED) is 0.718. The smallest absolute Gasteiger partial charge is 0.266 e. The molecule has 10 heteroatoms. The van der Waals surface area contributed by atoms with Crippen LogP contribution in [0.3, 0.4) is 0 Å². The van der Waals surface area contributed by atoms with Crippen LogP contribution in [0.2, 0.25) is 0 Å². The van der Waals surface area contributed by atoms with E-state index in [9.17, 15) is 22.8 Å². The van der Waals surface area contributed by atoms with Crippen LogP contribution < -0.4 is 10.2 Å².